The number of esters is 1. The number of hydrogen-bond acceptors (Lipinski definition) is 3. The van der Waals surface area contributed by atoms with Gasteiger partial charge in [-0.05, 0) is 49.9 Å². The lowest BCUT2D eigenvalue weighted by Crippen LogP contribution is -2.45. The van der Waals surface area contributed by atoms with Gasteiger partial charge in [-0.1, -0.05) is 19.8 Å². The van der Waals surface area contributed by atoms with Crippen LogP contribution < -0.4 is 5.32 Å². The average molecular weight is 307 g/mol. The minimum Gasteiger partial charge on any atom is -0.449 e. The van der Waals surface area contributed by atoms with Crippen molar-refractivity contribution < 1.29 is 18.7 Å². The van der Waals surface area contributed by atoms with E-state index in [-0.39, 0.29) is 17.5 Å². The van der Waals surface area contributed by atoms with E-state index in [4.69, 9.17) is 4.74 Å². The van der Waals surface area contributed by atoms with Gasteiger partial charge in [0.05, 0.1) is 5.56 Å². The molecular weight excluding hydrogens is 285 g/mol. The van der Waals surface area contributed by atoms with Crippen molar-refractivity contribution in [1.29, 1.82) is 0 Å². The molecule has 2 rings (SSSR count). The highest BCUT2D eigenvalue weighted by Gasteiger charge is 2.26. The lowest BCUT2D eigenvalue weighted by molar-refractivity contribution is -0.130. The Kier molecular flexibility index (Phi) is 5.52. The van der Waals surface area contributed by atoms with E-state index in [1.807, 2.05) is 0 Å². The van der Waals surface area contributed by atoms with Crippen LogP contribution in [0.1, 0.15) is 49.9 Å². The van der Waals surface area contributed by atoms with Gasteiger partial charge in [0.15, 0.2) is 6.10 Å². The fraction of sp³-hybridized carbons (Fsp3) is 0.529. The maximum Gasteiger partial charge on any atom is 0.338 e. The van der Waals surface area contributed by atoms with Crippen molar-refractivity contribution in [3.63, 3.8) is 0 Å². The number of nitrogens with one attached hydrogen (secondary N) is 1. The SMILES string of the molecule is C[C@@H](OC(=O)c1ccc(F)cc1)C(=O)N[C@H]1CCCC[C@@H]1C. The van der Waals surface area contributed by atoms with E-state index in [9.17, 15) is 14.0 Å². The molecule has 0 radical (unpaired) electrons. The molecule has 0 aliphatic heterocycles. The summed E-state index contributed by atoms with van der Waals surface area (Å²) in [5.41, 5.74) is 0.229. The Bertz CT molecular complexity index is 529. The van der Waals surface area contributed by atoms with Gasteiger partial charge >= 0.3 is 5.97 Å². The van der Waals surface area contributed by atoms with E-state index in [0.717, 1.165) is 19.3 Å². The first-order valence-electron chi connectivity index (χ1n) is 7.74. The first kappa shape index (κ1) is 16.5. The van der Waals surface area contributed by atoms with Crippen LogP contribution in [0.3, 0.4) is 0 Å². The highest BCUT2D eigenvalue weighted by molar-refractivity contribution is 5.92. The summed E-state index contributed by atoms with van der Waals surface area (Å²) >= 11 is 0. The number of benzene rings is 1. The monoisotopic (exact) mass is 307 g/mol. The molecule has 0 unspecified atom stereocenters. The van der Waals surface area contributed by atoms with Crippen molar-refractivity contribution in [2.24, 2.45) is 5.92 Å². The molecule has 0 heterocycles. The Morgan fingerprint density at radius 1 is 1.23 bits per heavy atom. The predicted octanol–water partition coefficient (Wildman–Crippen LogP) is 3.07. The number of amides is 1. The topological polar surface area (TPSA) is 55.4 Å². The molecule has 1 aliphatic carbocycles. The number of carbonyl (C=O) groups is 2. The Morgan fingerprint density at radius 2 is 1.86 bits per heavy atom. The van der Waals surface area contributed by atoms with Crippen molar-refractivity contribution in [3.05, 3.63) is 35.6 Å². The van der Waals surface area contributed by atoms with Gasteiger partial charge in [-0.15, -0.1) is 0 Å². The molecule has 3 atom stereocenters. The van der Waals surface area contributed by atoms with Gasteiger partial charge < -0.3 is 10.1 Å². The third-order valence-corrected chi connectivity index (χ3v) is 4.17. The zero-order chi connectivity index (χ0) is 16.1. The smallest absolute Gasteiger partial charge is 0.338 e. The van der Waals surface area contributed by atoms with Crippen LogP contribution in [0, 0.1) is 11.7 Å². The van der Waals surface area contributed by atoms with E-state index in [1.165, 1.54) is 30.7 Å². The molecule has 0 saturated heterocycles. The zero-order valence-electron chi connectivity index (χ0n) is 13.0. The van der Waals surface area contributed by atoms with Crippen LogP contribution in [-0.4, -0.2) is 24.0 Å². The summed E-state index contributed by atoms with van der Waals surface area (Å²) in [5, 5.41) is 2.96. The Morgan fingerprint density at radius 3 is 2.50 bits per heavy atom. The van der Waals surface area contributed by atoms with Crippen molar-refractivity contribution in [3.8, 4) is 0 Å². The van der Waals surface area contributed by atoms with Crippen molar-refractivity contribution in [2.45, 2.75) is 51.7 Å². The molecular formula is C17H22FNO3. The third kappa shape index (κ3) is 4.29. The van der Waals surface area contributed by atoms with Crippen molar-refractivity contribution in [2.75, 3.05) is 0 Å². The lowest BCUT2D eigenvalue weighted by atomic mass is 9.86. The Hall–Kier alpha value is -1.91. The zero-order valence-corrected chi connectivity index (χ0v) is 13.0. The molecule has 1 saturated carbocycles. The second kappa shape index (κ2) is 7.38. The number of rotatable bonds is 4. The predicted molar refractivity (Wildman–Crippen MR) is 80.8 cm³/mol. The summed E-state index contributed by atoms with van der Waals surface area (Å²) in [6.45, 7) is 3.67. The van der Waals surface area contributed by atoms with Gasteiger partial charge in [-0.25, -0.2) is 9.18 Å². The molecule has 0 spiro atoms. The van der Waals surface area contributed by atoms with Gasteiger partial charge in [0.2, 0.25) is 0 Å². The summed E-state index contributed by atoms with van der Waals surface area (Å²) < 4.78 is 18.0. The van der Waals surface area contributed by atoms with E-state index < -0.39 is 17.9 Å². The van der Waals surface area contributed by atoms with Crippen LogP contribution in [0.15, 0.2) is 24.3 Å². The van der Waals surface area contributed by atoms with E-state index >= 15 is 0 Å². The summed E-state index contributed by atoms with van der Waals surface area (Å²) in [5.74, 6) is -0.889. The molecule has 1 amide bonds. The van der Waals surface area contributed by atoms with E-state index in [2.05, 4.69) is 12.2 Å². The molecule has 1 fully saturated rings. The number of carbonyl (C=O) groups excluding carboxylic acids is 2. The Balaban J connectivity index is 1.87. The molecule has 4 nitrogen and oxygen atoms in total. The summed E-state index contributed by atoms with van der Waals surface area (Å²) in [7, 11) is 0. The molecule has 120 valence electrons. The van der Waals surface area contributed by atoms with Crippen LogP contribution in [-0.2, 0) is 9.53 Å². The summed E-state index contributed by atoms with van der Waals surface area (Å²) in [6, 6.07) is 5.20. The van der Waals surface area contributed by atoms with Crippen LogP contribution in [0.4, 0.5) is 4.39 Å². The average Bonchev–Trinajstić information content (AvgIpc) is 2.50. The van der Waals surface area contributed by atoms with Crippen molar-refractivity contribution in [1.82, 2.24) is 5.32 Å². The van der Waals surface area contributed by atoms with Crippen LogP contribution in [0.5, 0.6) is 0 Å². The number of halogens is 1. The molecule has 1 N–H and O–H groups in total. The second-order valence-electron chi connectivity index (χ2n) is 5.93. The highest BCUT2D eigenvalue weighted by atomic mass is 19.1. The summed E-state index contributed by atoms with van der Waals surface area (Å²) in [6.07, 6.45) is 3.51. The van der Waals surface area contributed by atoms with Crippen molar-refractivity contribution >= 4 is 11.9 Å². The lowest BCUT2D eigenvalue weighted by Gasteiger charge is -2.30. The van der Waals surface area contributed by atoms with Gasteiger partial charge in [0, 0.05) is 6.04 Å². The fourth-order valence-corrected chi connectivity index (χ4v) is 2.70. The quantitative estimate of drug-likeness (QED) is 0.870. The standard InChI is InChI=1S/C17H22FNO3/c1-11-5-3-4-6-15(11)19-16(20)12(2)22-17(21)13-7-9-14(18)10-8-13/h7-12,15H,3-6H2,1-2H3,(H,19,20)/t11-,12+,15-/m0/s1. The minimum absolute atomic E-state index is 0.147. The highest BCUT2D eigenvalue weighted by Crippen LogP contribution is 2.23. The molecule has 1 aromatic carbocycles. The second-order valence-corrected chi connectivity index (χ2v) is 5.93. The number of ether oxygens (including phenoxy) is 1. The van der Waals surface area contributed by atoms with Crippen LogP contribution in [0.2, 0.25) is 0 Å². The molecule has 1 aromatic rings. The first-order chi connectivity index (χ1) is 10.5. The van der Waals surface area contributed by atoms with Gasteiger partial charge in [-0.2, -0.15) is 0 Å². The maximum atomic E-state index is 12.8. The van der Waals surface area contributed by atoms with E-state index in [0.29, 0.717) is 5.92 Å². The van der Waals surface area contributed by atoms with Crippen LogP contribution in [0.25, 0.3) is 0 Å². The van der Waals surface area contributed by atoms with Crippen LogP contribution >= 0.6 is 0 Å². The molecule has 22 heavy (non-hydrogen) atoms. The maximum absolute atomic E-state index is 12.8. The van der Waals surface area contributed by atoms with Gasteiger partial charge in [0.25, 0.3) is 5.91 Å². The molecule has 0 aromatic heterocycles. The molecule has 0 bridgehead atoms. The van der Waals surface area contributed by atoms with Gasteiger partial charge in [0.1, 0.15) is 5.82 Å². The molecule has 5 heteroatoms. The van der Waals surface area contributed by atoms with Gasteiger partial charge in [-0.3, -0.25) is 4.79 Å². The molecule has 1 aliphatic rings. The summed E-state index contributed by atoms with van der Waals surface area (Å²) in [4.78, 5) is 24.0. The largest absolute Gasteiger partial charge is 0.449 e. The Labute approximate surface area is 130 Å². The third-order valence-electron chi connectivity index (χ3n) is 4.17. The minimum atomic E-state index is -0.869. The van der Waals surface area contributed by atoms with E-state index in [1.54, 1.807) is 6.92 Å². The first-order valence-corrected chi connectivity index (χ1v) is 7.74. The normalized spacial score (nSPS) is 22.7. The number of hydrogen-bond donors (Lipinski definition) is 1. The fourth-order valence-electron chi connectivity index (χ4n) is 2.70.